The first-order chi connectivity index (χ1) is 15.5. The first-order valence-electron chi connectivity index (χ1n) is 10.1. The second-order valence-corrected chi connectivity index (χ2v) is 8.55. The van der Waals surface area contributed by atoms with Crippen LogP contribution in [0.15, 0.2) is 47.3 Å². The van der Waals surface area contributed by atoms with Gasteiger partial charge in [-0.15, -0.1) is 0 Å². The highest BCUT2D eigenvalue weighted by molar-refractivity contribution is 6.35. The van der Waals surface area contributed by atoms with E-state index in [9.17, 15) is 26.7 Å². The summed E-state index contributed by atoms with van der Waals surface area (Å²) in [6.07, 6.45) is -7.18. The molecule has 0 fully saturated rings. The van der Waals surface area contributed by atoms with E-state index in [4.69, 9.17) is 23.2 Å². The molecule has 2 aromatic carbocycles. The van der Waals surface area contributed by atoms with Crippen LogP contribution in [0.25, 0.3) is 21.9 Å². The maximum Gasteiger partial charge on any atom is 0.406 e. The van der Waals surface area contributed by atoms with E-state index in [0.29, 0.717) is 15.3 Å². The van der Waals surface area contributed by atoms with Gasteiger partial charge in [-0.1, -0.05) is 29.3 Å². The van der Waals surface area contributed by atoms with E-state index in [0.717, 1.165) is 10.9 Å². The van der Waals surface area contributed by atoms with Gasteiger partial charge in [-0.2, -0.15) is 13.2 Å². The van der Waals surface area contributed by atoms with Gasteiger partial charge in [0.1, 0.15) is 6.54 Å². The third-order valence-corrected chi connectivity index (χ3v) is 5.94. The molecular weight excluding hydrogens is 488 g/mol. The van der Waals surface area contributed by atoms with Crippen molar-refractivity contribution in [1.82, 2.24) is 13.7 Å². The number of hydrogen-bond acceptors (Lipinski definition) is 1. The molecule has 33 heavy (non-hydrogen) atoms. The highest BCUT2D eigenvalue weighted by atomic mass is 35.5. The number of aryl methyl sites for hydroxylation is 1. The number of nitrogens with zero attached hydrogens (tertiary/aromatic N) is 3. The highest BCUT2D eigenvalue weighted by Crippen LogP contribution is 2.29. The summed E-state index contributed by atoms with van der Waals surface area (Å²) in [6.45, 7) is -1.30. The minimum Gasteiger partial charge on any atom is -0.343 e. The van der Waals surface area contributed by atoms with Crippen molar-refractivity contribution in [1.29, 1.82) is 0 Å². The Bertz CT molecular complexity index is 1370. The summed E-state index contributed by atoms with van der Waals surface area (Å²) in [6, 6.07) is 11.4. The standard InChI is InChI=1S/C22H18Cl2F5N3O/c23-14-6-7-17-13(9-14)10-15(30(17)8-2-5-19(25)26)11-31-18-4-1-3-16(24)20(18)32(21(31)33)12-22(27,28)29/h1,3-4,6-7,9-10,19H,2,5,8,11-12H2. The minimum atomic E-state index is -4.62. The Kier molecular flexibility index (Phi) is 6.46. The molecule has 2 aromatic heterocycles. The molecule has 4 rings (SSSR count). The number of imidazole rings is 1. The van der Waals surface area contributed by atoms with E-state index >= 15 is 0 Å². The number of hydrogen-bond donors (Lipinski definition) is 0. The van der Waals surface area contributed by atoms with Gasteiger partial charge in [0.25, 0.3) is 0 Å². The zero-order valence-electron chi connectivity index (χ0n) is 17.0. The number of fused-ring (bicyclic) bond motifs is 2. The van der Waals surface area contributed by atoms with Crippen molar-refractivity contribution in [3.05, 3.63) is 68.7 Å². The summed E-state index contributed by atoms with van der Waals surface area (Å²) in [4.78, 5) is 13.0. The molecular formula is C22H18Cl2F5N3O. The summed E-state index contributed by atoms with van der Waals surface area (Å²) < 4.78 is 68.5. The summed E-state index contributed by atoms with van der Waals surface area (Å²) in [7, 11) is 0. The van der Waals surface area contributed by atoms with Gasteiger partial charge in [0, 0.05) is 34.6 Å². The van der Waals surface area contributed by atoms with Gasteiger partial charge in [0.15, 0.2) is 0 Å². The number of benzene rings is 2. The molecule has 0 spiro atoms. The van der Waals surface area contributed by atoms with E-state index in [1.807, 2.05) is 0 Å². The molecule has 2 heterocycles. The monoisotopic (exact) mass is 505 g/mol. The number of aromatic nitrogens is 3. The van der Waals surface area contributed by atoms with Crippen molar-refractivity contribution in [2.24, 2.45) is 0 Å². The summed E-state index contributed by atoms with van der Waals surface area (Å²) in [5, 5.41) is 1.24. The smallest absolute Gasteiger partial charge is 0.343 e. The van der Waals surface area contributed by atoms with E-state index in [1.165, 1.54) is 16.7 Å². The molecule has 0 aliphatic carbocycles. The molecule has 0 atom stereocenters. The fraction of sp³-hybridized carbons (Fsp3) is 0.318. The van der Waals surface area contributed by atoms with Crippen molar-refractivity contribution in [2.75, 3.05) is 0 Å². The summed E-state index contributed by atoms with van der Waals surface area (Å²) >= 11 is 12.2. The quantitative estimate of drug-likeness (QED) is 0.256. The molecule has 4 aromatic rings. The fourth-order valence-corrected chi connectivity index (χ4v) is 4.52. The van der Waals surface area contributed by atoms with Gasteiger partial charge in [-0.25, -0.2) is 13.6 Å². The summed E-state index contributed by atoms with van der Waals surface area (Å²) in [5.74, 6) is 0. The number of rotatable bonds is 7. The Morgan fingerprint density at radius 1 is 0.939 bits per heavy atom. The largest absolute Gasteiger partial charge is 0.406 e. The molecule has 0 aliphatic rings. The Hall–Kier alpha value is -2.52. The molecule has 0 bridgehead atoms. The molecule has 0 saturated carbocycles. The Morgan fingerprint density at radius 2 is 1.70 bits per heavy atom. The summed E-state index contributed by atoms with van der Waals surface area (Å²) in [5.41, 5.74) is 0.686. The first kappa shape index (κ1) is 23.6. The third-order valence-electron chi connectivity index (χ3n) is 5.40. The lowest BCUT2D eigenvalue weighted by Gasteiger charge is -2.12. The van der Waals surface area contributed by atoms with E-state index in [2.05, 4.69) is 0 Å². The van der Waals surface area contributed by atoms with Crippen LogP contribution in [0, 0.1) is 0 Å². The molecule has 0 amide bonds. The SMILES string of the molecule is O=c1n(Cc2cc3cc(Cl)ccc3n2CCCC(F)F)c2cccc(Cl)c2n1CC(F)(F)F. The average Bonchev–Trinajstić information content (AvgIpc) is 3.17. The molecule has 11 heteroatoms. The van der Waals surface area contributed by atoms with Crippen LogP contribution in [0.4, 0.5) is 22.0 Å². The Balaban J connectivity index is 1.84. The number of alkyl halides is 5. The first-order valence-corrected chi connectivity index (χ1v) is 10.8. The lowest BCUT2D eigenvalue weighted by atomic mass is 10.2. The van der Waals surface area contributed by atoms with Gasteiger partial charge in [0.2, 0.25) is 6.43 Å². The van der Waals surface area contributed by atoms with Gasteiger partial charge in [-0.05, 0) is 42.8 Å². The van der Waals surface area contributed by atoms with E-state index < -0.39 is 24.8 Å². The van der Waals surface area contributed by atoms with Crippen molar-refractivity contribution in [3.63, 3.8) is 0 Å². The maximum atomic E-state index is 13.2. The molecule has 176 valence electrons. The van der Waals surface area contributed by atoms with Gasteiger partial charge < -0.3 is 4.57 Å². The van der Waals surface area contributed by atoms with Gasteiger partial charge >= 0.3 is 11.9 Å². The van der Waals surface area contributed by atoms with Crippen molar-refractivity contribution in [2.45, 2.75) is 45.1 Å². The normalized spacial score (nSPS) is 12.5. The lowest BCUT2D eigenvalue weighted by Crippen LogP contribution is -2.30. The topological polar surface area (TPSA) is 31.9 Å². The zero-order valence-corrected chi connectivity index (χ0v) is 18.6. The maximum absolute atomic E-state index is 13.2. The predicted octanol–water partition coefficient (Wildman–Crippen LogP) is 6.72. The van der Waals surface area contributed by atoms with Crippen LogP contribution >= 0.6 is 23.2 Å². The van der Waals surface area contributed by atoms with Crippen LogP contribution in [-0.4, -0.2) is 26.3 Å². The van der Waals surface area contributed by atoms with Crippen molar-refractivity contribution >= 4 is 45.1 Å². The second-order valence-electron chi connectivity index (χ2n) is 7.70. The van der Waals surface area contributed by atoms with E-state index in [-0.39, 0.29) is 42.0 Å². The van der Waals surface area contributed by atoms with Crippen molar-refractivity contribution < 1.29 is 22.0 Å². The minimum absolute atomic E-state index is 0.00935. The Morgan fingerprint density at radius 3 is 2.39 bits per heavy atom. The third kappa shape index (κ3) is 4.89. The van der Waals surface area contributed by atoms with Crippen molar-refractivity contribution in [3.8, 4) is 0 Å². The molecule has 4 nitrogen and oxygen atoms in total. The molecule has 0 radical (unpaired) electrons. The average molecular weight is 506 g/mol. The molecule has 0 aliphatic heterocycles. The van der Waals surface area contributed by atoms with Crippen LogP contribution in [-0.2, 0) is 19.6 Å². The number of para-hydroxylation sites is 1. The highest BCUT2D eigenvalue weighted by Gasteiger charge is 2.31. The molecule has 0 saturated heterocycles. The van der Waals surface area contributed by atoms with Crippen LogP contribution in [0.3, 0.4) is 0 Å². The van der Waals surface area contributed by atoms with Crippen LogP contribution in [0.5, 0.6) is 0 Å². The predicted molar refractivity (Wildman–Crippen MR) is 119 cm³/mol. The Labute approximate surface area is 194 Å². The lowest BCUT2D eigenvalue weighted by molar-refractivity contribution is -0.140. The zero-order chi connectivity index (χ0) is 23.9. The molecule has 0 N–H and O–H groups in total. The fourth-order valence-electron chi connectivity index (χ4n) is 4.07. The second kappa shape index (κ2) is 9.02. The number of halogens is 7. The van der Waals surface area contributed by atoms with Gasteiger partial charge in [-0.3, -0.25) is 9.13 Å². The van der Waals surface area contributed by atoms with E-state index in [1.54, 1.807) is 34.9 Å². The van der Waals surface area contributed by atoms with Gasteiger partial charge in [0.05, 0.1) is 22.6 Å². The van der Waals surface area contributed by atoms with Crippen LogP contribution < -0.4 is 5.69 Å². The molecule has 0 unspecified atom stereocenters. The van der Waals surface area contributed by atoms with Crippen LogP contribution in [0.2, 0.25) is 10.0 Å². The van der Waals surface area contributed by atoms with Crippen LogP contribution in [0.1, 0.15) is 18.5 Å².